The summed E-state index contributed by atoms with van der Waals surface area (Å²) in [5.41, 5.74) is 1.40. The summed E-state index contributed by atoms with van der Waals surface area (Å²) in [5.74, 6) is -2.27. The average Bonchev–Trinajstić information content (AvgIpc) is 3.21. The van der Waals surface area contributed by atoms with Crippen molar-refractivity contribution in [3.63, 3.8) is 0 Å². The van der Waals surface area contributed by atoms with Crippen LogP contribution in [0, 0.1) is 5.92 Å². The number of fused-ring (bicyclic) bond motifs is 2. The number of ketones is 1. The van der Waals surface area contributed by atoms with Crippen LogP contribution in [0.1, 0.15) is 38.1 Å². The first-order chi connectivity index (χ1) is 15.7. The van der Waals surface area contributed by atoms with Gasteiger partial charge in [0.2, 0.25) is 21.7 Å². The molecule has 0 spiro atoms. The Morgan fingerprint density at radius 3 is 2.64 bits per heavy atom. The first-order valence-electron chi connectivity index (χ1n) is 10.9. The highest BCUT2D eigenvalue weighted by Crippen LogP contribution is 2.13. The lowest BCUT2D eigenvalue weighted by Gasteiger charge is -2.23. The number of H-pyrrole nitrogens is 1. The van der Waals surface area contributed by atoms with E-state index in [4.69, 9.17) is 0 Å². The van der Waals surface area contributed by atoms with Gasteiger partial charge in [-0.25, -0.2) is 8.42 Å². The van der Waals surface area contributed by atoms with Crippen molar-refractivity contribution in [2.24, 2.45) is 5.92 Å². The number of aryl methyl sites for hydroxylation is 1. The van der Waals surface area contributed by atoms with Crippen molar-refractivity contribution in [1.29, 1.82) is 0 Å². The molecule has 2 bridgehead atoms. The molecule has 2 unspecified atom stereocenters. The third kappa shape index (κ3) is 6.72. The van der Waals surface area contributed by atoms with E-state index in [0.29, 0.717) is 25.1 Å². The summed E-state index contributed by atoms with van der Waals surface area (Å²) in [6.45, 7) is 4.02. The minimum atomic E-state index is -3.97. The SMILES string of the molecule is CC(C)CC(NS(=O)(=O)c1ccccc1)C(=O)NC1Cc2cc(n[nH]2)CCCNC(=O)C1=O. The van der Waals surface area contributed by atoms with Crippen LogP contribution in [0.4, 0.5) is 0 Å². The summed E-state index contributed by atoms with van der Waals surface area (Å²) < 4.78 is 28.1. The monoisotopic (exact) mass is 475 g/mol. The maximum absolute atomic E-state index is 13.1. The number of Topliss-reactive ketones (excluding diaryl/α,β-unsaturated/α-hetero) is 1. The topological polar surface area (TPSA) is 150 Å². The third-order valence-corrected chi connectivity index (χ3v) is 6.72. The van der Waals surface area contributed by atoms with Gasteiger partial charge in [0.25, 0.3) is 5.91 Å². The summed E-state index contributed by atoms with van der Waals surface area (Å²) in [6, 6.07) is 7.24. The fourth-order valence-electron chi connectivity index (χ4n) is 3.60. The van der Waals surface area contributed by atoms with Crippen molar-refractivity contribution >= 4 is 27.6 Å². The molecule has 1 aromatic heterocycles. The van der Waals surface area contributed by atoms with Crippen LogP contribution in [0.15, 0.2) is 41.3 Å². The summed E-state index contributed by atoms with van der Waals surface area (Å²) in [4.78, 5) is 38.3. The molecule has 1 aliphatic heterocycles. The van der Waals surface area contributed by atoms with Crippen molar-refractivity contribution in [3.05, 3.63) is 47.8 Å². The summed E-state index contributed by atoms with van der Waals surface area (Å²) >= 11 is 0. The number of sulfonamides is 1. The Morgan fingerprint density at radius 1 is 1.21 bits per heavy atom. The Kier molecular flexibility index (Phi) is 7.98. The van der Waals surface area contributed by atoms with Gasteiger partial charge in [0.05, 0.1) is 10.6 Å². The van der Waals surface area contributed by atoms with Gasteiger partial charge in [-0.15, -0.1) is 0 Å². The highest BCUT2D eigenvalue weighted by atomic mass is 32.2. The lowest BCUT2D eigenvalue weighted by molar-refractivity contribution is -0.140. The van der Waals surface area contributed by atoms with E-state index < -0.39 is 39.7 Å². The number of benzene rings is 1. The molecule has 4 N–H and O–H groups in total. The van der Waals surface area contributed by atoms with Gasteiger partial charge >= 0.3 is 0 Å². The van der Waals surface area contributed by atoms with Crippen LogP contribution in [-0.2, 0) is 37.2 Å². The molecule has 3 rings (SSSR count). The summed E-state index contributed by atoms with van der Waals surface area (Å²) in [6.07, 6.45) is 1.50. The molecule has 2 atom stereocenters. The Hall–Kier alpha value is -3.05. The first-order valence-corrected chi connectivity index (χ1v) is 12.4. The molecule has 1 aromatic carbocycles. The third-order valence-electron chi connectivity index (χ3n) is 5.23. The highest BCUT2D eigenvalue weighted by Gasteiger charge is 2.32. The zero-order valence-corrected chi connectivity index (χ0v) is 19.4. The number of rotatable bonds is 7. The fourth-order valence-corrected chi connectivity index (χ4v) is 4.82. The maximum atomic E-state index is 13.1. The predicted molar refractivity (Wildman–Crippen MR) is 121 cm³/mol. The molecule has 1 aliphatic rings. The van der Waals surface area contributed by atoms with Crippen molar-refractivity contribution in [3.8, 4) is 0 Å². The van der Waals surface area contributed by atoms with Gasteiger partial charge in [0.1, 0.15) is 12.1 Å². The van der Waals surface area contributed by atoms with Gasteiger partial charge in [-0.1, -0.05) is 32.0 Å². The van der Waals surface area contributed by atoms with E-state index in [-0.39, 0.29) is 23.7 Å². The molecular formula is C22H29N5O5S. The molecule has 2 aromatic rings. The number of hydrogen-bond donors (Lipinski definition) is 4. The van der Waals surface area contributed by atoms with E-state index in [1.807, 2.05) is 13.8 Å². The number of carbonyl (C=O) groups is 3. The molecule has 2 amide bonds. The van der Waals surface area contributed by atoms with Crippen LogP contribution in [0.25, 0.3) is 0 Å². The van der Waals surface area contributed by atoms with Crippen LogP contribution < -0.4 is 15.4 Å². The molecule has 0 radical (unpaired) electrons. The average molecular weight is 476 g/mol. The van der Waals surface area contributed by atoms with E-state index in [2.05, 4.69) is 25.6 Å². The van der Waals surface area contributed by atoms with Crippen molar-refractivity contribution < 1.29 is 22.8 Å². The Bertz CT molecular complexity index is 1100. The standard InChI is InChI=1S/C22H29N5O5S/c1-14(2)11-19(27-33(31,32)17-8-4-3-5-9-17)21(29)24-18-13-16-12-15(25-26-16)7-6-10-23-22(30)20(18)28/h3-5,8-9,12,14,18-19,27H,6-7,10-11,13H2,1-2H3,(H,23,30)(H,24,29)(H,25,26). The molecule has 178 valence electrons. The molecule has 11 heteroatoms. The zero-order chi connectivity index (χ0) is 24.0. The zero-order valence-electron chi connectivity index (χ0n) is 18.6. The number of aromatic nitrogens is 2. The first kappa shape index (κ1) is 24.6. The van der Waals surface area contributed by atoms with E-state index >= 15 is 0 Å². The van der Waals surface area contributed by atoms with Gasteiger partial charge in [-0.3, -0.25) is 19.5 Å². The van der Waals surface area contributed by atoms with Crippen molar-refractivity contribution in [2.75, 3.05) is 6.54 Å². The van der Waals surface area contributed by atoms with Gasteiger partial charge in [0.15, 0.2) is 0 Å². The normalized spacial score (nSPS) is 18.3. The number of hydrogen-bond acceptors (Lipinski definition) is 6. The van der Waals surface area contributed by atoms with E-state index in [0.717, 1.165) is 5.69 Å². The molecule has 10 nitrogen and oxygen atoms in total. The Balaban J connectivity index is 1.82. The Labute approximate surface area is 193 Å². The van der Waals surface area contributed by atoms with Gasteiger partial charge in [-0.05, 0) is 43.4 Å². The van der Waals surface area contributed by atoms with Crippen LogP contribution in [-0.4, -0.2) is 54.8 Å². The number of nitrogens with one attached hydrogen (secondary N) is 4. The van der Waals surface area contributed by atoms with Crippen LogP contribution in [0.5, 0.6) is 0 Å². The second-order valence-corrected chi connectivity index (χ2v) is 10.2. The smallest absolute Gasteiger partial charge is 0.289 e. The van der Waals surface area contributed by atoms with Crippen molar-refractivity contribution in [1.82, 2.24) is 25.6 Å². The quantitative estimate of drug-likeness (QED) is 0.427. The lowest BCUT2D eigenvalue weighted by atomic mass is 10.0. The van der Waals surface area contributed by atoms with Crippen LogP contribution in [0.2, 0.25) is 0 Å². The molecule has 0 saturated carbocycles. The molecule has 0 saturated heterocycles. The summed E-state index contributed by atoms with van der Waals surface area (Å²) in [7, 11) is -3.97. The van der Waals surface area contributed by atoms with Crippen molar-refractivity contribution in [2.45, 2.75) is 56.5 Å². The molecular weight excluding hydrogens is 446 g/mol. The minimum absolute atomic E-state index is 0.0130. The largest absolute Gasteiger partial charge is 0.349 e. The molecule has 0 fully saturated rings. The predicted octanol–water partition coefficient (Wildman–Crippen LogP) is 0.462. The van der Waals surface area contributed by atoms with Gasteiger partial charge in [0, 0.05) is 18.7 Å². The lowest BCUT2D eigenvalue weighted by Crippen LogP contribution is -2.54. The number of aromatic amines is 1. The Morgan fingerprint density at radius 2 is 1.94 bits per heavy atom. The highest BCUT2D eigenvalue weighted by molar-refractivity contribution is 7.89. The molecule has 2 heterocycles. The fraction of sp³-hybridized carbons (Fsp3) is 0.455. The number of nitrogens with zero attached hydrogens (tertiary/aromatic N) is 1. The second-order valence-electron chi connectivity index (χ2n) is 8.49. The molecule has 0 aliphatic carbocycles. The summed E-state index contributed by atoms with van der Waals surface area (Å²) in [5, 5.41) is 12.2. The number of carbonyl (C=O) groups excluding carboxylic acids is 3. The molecule has 33 heavy (non-hydrogen) atoms. The van der Waals surface area contributed by atoms with E-state index in [9.17, 15) is 22.8 Å². The van der Waals surface area contributed by atoms with Gasteiger partial charge in [-0.2, -0.15) is 9.82 Å². The van der Waals surface area contributed by atoms with E-state index in [1.165, 1.54) is 12.1 Å². The van der Waals surface area contributed by atoms with Gasteiger partial charge < -0.3 is 10.6 Å². The maximum Gasteiger partial charge on any atom is 0.289 e. The van der Waals surface area contributed by atoms with E-state index in [1.54, 1.807) is 24.3 Å². The second kappa shape index (κ2) is 10.7. The minimum Gasteiger partial charge on any atom is -0.349 e. The number of amides is 2. The van der Waals surface area contributed by atoms with Crippen LogP contribution in [0.3, 0.4) is 0 Å². The van der Waals surface area contributed by atoms with Crippen LogP contribution >= 0.6 is 0 Å².